The Bertz CT molecular complexity index is 532. The molecule has 0 spiro atoms. The lowest BCUT2D eigenvalue weighted by Gasteiger charge is -2.38. The van der Waals surface area contributed by atoms with Crippen LogP contribution in [0.3, 0.4) is 0 Å². The first-order chi connectivity index (χ1) is 10.2. The lowest BCUT2D eigenvalue weighted by molar-refractivity contribution is -0.147. The minimum atomic E-state index is -0.312. The van der Waals surface area contributed by atoms with Crippen LogP contribution in [0.15, 0.2) is 6.20 Å². The SMILES string of the molecule is CCOC(=O)CCC(=O)N1CC(n2cc(C3CC3)nn2)C1. The van der Waals surface area contributed by atoms with E-state index in [1.165, 1.54) is 12.8 Å². The van der Waals surface area contributed by atoms with Crippen LogP contribution in [0.5, 0.6) is 0 Å². The summed E-state index contributed by atoms with van der Waals surface area (Å²) in [6.07, 6.45) is 4.80. The highest BCUT2D eigenvalue weighted by atomic mass is 16.5. The summed E-state index contributed by atoms with van der Waals surface area (Å²) >= 11 is 0. The van der Waals surface area contributed by atoms with Crippen LogP contribution in [-0.2, 0) is 14.3 Å². The Hall–Kier alpha value is -1.92. The number of hydrogen-bond acceptors (Lipinski definition) is 5. The van der Waals surface area contributed by atoms with Crippen LogP contribution in [0.25, 0.3) is 0 Å². The zero-order chi connectivity index (χ0) is 14.8. The first-order valence-electron chi connectivity index (χ1n) is 7.52. The lowest BCUT2D eigenvalue weighted by atomic mass is 10.1. The van der Waals surface area contributed by atoms with Gasteiger partial charge in [-0.25, -0.2) is 4.68 Å². The Morgan fingerprint density at radius 3 is 2.76 bits per heavy atom. The van der Waals surface area contributed by atoms with E-state index in [-0.39, 0.29) is 30.8 Å². The molecule has 0 unspecified atom stereocenters. The summed E-state index contributed by atoms with van der Waals surface area (Å²) in [6.45, 7) is 3.41. The molecule has 114 valence electrons. The fourth-order valence-corrected chi connectivity index (χ4v) is 2.46. The van der Waals surface area contributed by atoms with E-state index in [0.717, 1.165) is 5.69 Å². The maximum absolute atomic E-state index is 11.9. The third-order valence-electron chi connectivity index (χ3n) is 3.96. The number of nitrogens with zero attached hydrogens (tertiary/aromatic N) is 4. The van der Waals surface area contributed by atoms with Crippen molar-refractivity contribution in [3.05, 3.63) is 11.9 Å². The van der Waals surface area contributed by atoms with Gasteiger partial charge in [0, 0.05) is 31.6 Å². The first kappa shape index (κ1) is 14.0. The molecule has 3 rings (SSSR count). The Morgan fingerprint density at radius 1 is 1.33 bits per heavy atom. The summed E-state index contributed by atoms with van der Waals surface area (Å²) in [4.78, 5) is 24.9. The van der Waals surface area contributed by atoms with Crippen molar-refractivity contribution >= 4 is 11.9 Å². The number of likely N-dealkylation sites (tertiary alicyclic amines) is 1. The number of aromatic nitrogens is 3. The van der Waals surface area contributed by atoms with Gasteiger partial charge < -0.3 is 9.64 Å². The normalized spacial score (nSPS) is 18.4. The van der Waals surface area contributed by atoms with Crippen LogP contribution >= 0.6 is 0 Å². The minimum absolute atomic E-state index is 0.00170. The van der Waals surface area contributed by atoms with Crippen LogP contribution in [0.1, 0.15) is 50.3 Å². The van der Waals surface area contributed by atoms with E-state index < -0.39 is 0 Å². The molecule has 0 bridgehead atoms. The topological polar surface area (TPSA) is 77.3 Å². The number of ether oxygens (including phenoxy) is 1. The quantitative estimate of drug-likeness (QED) is 0.727. The smallest absolute Gasteiger partial charge is 0.306 e. The number of rotatable bonds is 6. The summed E-state index contributed by atoms with van der Waals surface area (Å²) < 4.78 is 6.68. The molecule has 7 heteroatoms. The standard InChI is InChI=1S/C14H20N4O3/c1-2-21-14(20)6-5-13(19)17-7-11(8-17)18-9-12(15-16-18)10-3-4-10/h9-11H,2-8H2,1H3. The maximum Gasteiger partial charge on any atom is 0.306 e. The van der Waals surface area contributed by atoms with E-state index in [0.29, 0.717) is 25.6 Å². The molecule has 0 radical (unpaired) electrons. The summed E-state index contributed by atoms with van der Waals surface area (Å²) in [5.41, 5.74) is 1.07. The highest BCUT2D eigenvalue weighted by molar-refractivity contribution is 5.81. The first-order valence-corrected chi connectivity index (χ1v) is 7.52. The van der Waals surface area contributed by atoms with E-state index >= 15 is 0 Å². The number of carbonyl (C=O) groups is 2. The minimum Gasteiger partial charge on any atom is -0.466 e. The molecule has 1 amide bonds. The predicted octanol–water partition coefficient (Wildman–Crippen LogP) is 0.882. The maximum atomic E-state index is 11.9. The Balaban J connectivity index is 1.42. The van der Waals surface area contributed by atoms with Crippen LogP contribution < -0.4 is 0 Å². The second-order valence-corrected chi connectivity index (χ2v) is 5.66. The van der Waals surface area contributed by atoms with Gasteiger partial charge in [-0.3, -0.25) is 9.59 Å². The van der Waals surface area contributed by atoms with E-state index in [2.05, 4.69) is 10.3 Å². The zero-order valence-corrected chi connectivity index (χ0v) is 12.2. The van der Waals surface area contributed by atoms with Crippen molar-refractivity contribution in [1.82, 2.24) is 19.9 Å². The Morgan fingerprint density at radius 2 is 2.10 bits per heavy atom. The molecule has 2 aliphatic rings. The molecule has 2 heterocycles. The molecule has 1 aromatic rings. The highest BCUT2D eigenvalue weighted by Gasteiger charge is 2.34. The second kappa shape index (κ2) is 5.83. The third kappa shape index (κ3) is 3.22. The number of esters is 1. The summed E-state index contributed by atoms with van der Waals surface area (Å²) in [5, 5.41) is 8.33. The van der Waals surface area contributed by atoms with E-state index in [1.54, 1.807) is 11.8 Å². The number of carbonyl (C=O) groups excluding carboxylic acids is 2. The lowest BCUT2D eigenvalue weighted by Crippen LogP contribution is -2.50. The molecule has 2 fully saturated rings. The van der Waals surface area contributed by atoms with Crippen molar-refractivity contribution in [2.75, 3.05) is 19.7 Å². The fraction of sp³-hybridized carbons (Fsp3) is 0.714. The van der Waals surface area contributed by atoms with Gasteiger partial charge in [-0.2, -0.15) is 0 Å². The van der Waals surface area contributed by atoms with Gasteiger partial charge in [0.2, 0.25) is 5.91 Å². The molecular formula is C14H20N4O3. The predicted molar refractivity (Wildman–Crippen MR) is 73.5 cm³/mol. The molecule has 1 aromatic heterocycles. The fourth-order valence-electron chi connectivity index (χ4n) is 2.46. The molecule has 1 saturated heterocycles. The highest BCUT2D eigenvalue weighted by Crippen LogP contribution is 2.39. The van der Waals surface area contributed by atoms with Gasteiger partial charge in [-0.15, -0.1) is 5.10 Å². The average molecular weight is 292 g/mol. The van der Waals surface area contributed by atoms with Crippen LogP contribution in [0, 0.1) is 0 Å². The molecule has 1 saturated carbocycles. The second-order valence-electron chi connectivity index (χ2n) is 5.66. The van der Waals surface area contributed by atoms with E-state index in [9.17, 15) is 9.59 Å². The Kier molecular flexibility index (Phi) is 3.90. The summed E-state index contributed by atoms with van der Waals surface area (Å²) in [7, 11) is 0. The molecule has 1 aliphatic heterocycles. The summed E-state index contributed by atoms with van der Waals surface area (Å²) in [6, 6.07) is 0.219. The van der Waals surface area contributed by atoms with E-state index in [4.69, 9.17) is 4.74 Å². The number of amides is 1. The molecule has 0 aromatic carbocycles. The van der Waals surface area contributed by atoms with E-state index in [1.807, 2.05) is 10.9 Å². The third-order valence-corrected chi connectivity index (χ3v) is 3.96. The molecule has 21 heavy (non-hydrogen) atoms. The van der Waals surface area contributed by atoms with Gasteiger partial charge >= 0.3 is 5.97 Å². The molecule has 7 nitrogen and oxygen atoms in total. The molecule has 1 aliphatic carbocycles. The van der Waals surface area contributed by atoms with Crippen molar-refractivity contribution in [3.63, 3.8) is 0 Å². The van der Waals surface area contributed by atoms with Gasteiger partial charge in [0.1, 0.15) is 0 Å². The largest absolute Gasteiger partial charge is 0.466 e. The van der Waals surface area contributed by atoms with Gasteiger partial charge in [0.15, 0.2) is 0 Å². The summed E-state index contributed by atoms with van der Waals surface area (Å²) in [5.74, 6) is 0.288. The van der Waals surface area contributed by atoms with Gasteiger partial charge in [-0.05, 0) is 19.8 Å². The van der Waals surface area contributed by atoms with Gasteiger partial charge in [-0.1, -0.05) is 5.21 Å². The zero-order valence-electron chi connectivity index (χ0n) is 12.2. The average Bonchev–Trinajstić information content (AvgIpc) is 3.15. The Labute approximate surface area is 123 Å². The molecule has 0 atom stereocenters. The molecular weight excluding hydrogens is 272 g/mol. The monoisotopic (exact) mass is 292 g/mol. The van der Waals surface area contributed by atoms with Crippen LogP contribution in [0.2, 0.25) is 0 Å². The van der Waals surface area contributed by atoms with Crippen molar-refractivity contribution in [2.24, 2.45) is 0 Å². The van der Waals surface area contributed by atoms with Gasteiger partial charge in [0.25, 0.3) is 0 Å². The van der Waals surface area contributed by atoms with Crippen molar-refractivity contribution < 1.29 is 14.3 Å². The molecule has 0 N–H and O–H groups in total. The van der Waals surface area contributed by atoms with Crippen molar-refractivity contribution in [3.8, 4) is 0 Å². The van der Waals surface area contributed by atoms with Gasteiger partial charge in [0.05, 0.1) is 24.8 Å². The van der Waals surface area contributed by atoms with Crippen LogP contribution in [-0.4, -0.2) is 51.5 Å². The van der Waals surface area contributed by atoms with Crippen molar-refractivity contribution in [2.45, 2.75) is 44.6 Å². The van der Waals surface area contributed by atoms with Crippen molar-refractivity contribution in [1.29, 1.82) is 0 Å². The number of hydrogen-bond donors (Lipinski definition) is 0. The van der Waals surface area contributed by atoms with Crippen LogP contribution in [0.4, 0.5) is 0 Å².